The highest BCUT2D eigenvalue weighted by Crippen LogP contribution is 2.27. The normalized spacial score (nSPS) is 25.9. The molecule has 28 heavy (non-hydrogen) atoms. The van der Waals surface area contributed by atoms with Crippen molar-refractivity contribution < 1.29 is 4.74 Å². The molecule has 2 fully saturated rings. The van der Waals surface area contributed by atoms with Gasteiger partial charge in [0, 0.05) is 64.8 Å². The van der Waals surface area contributed by atoms with Crippen molar-refractivity contribution in [2.45, 2.75) is 57.7 Å². The Balaban J connectivity index is 1.56. The molecular weight excluding hydrogens is 352 g/mol. The number of aromatic nitrogens is 2. The fourth-order valence-corrected chi connectivity index (χ4v) is 4.53. The summed E-state index contributed by atoms with van der Waals surface area (Å²) in [5, 5.41) is 3.66. The molecule has 3 rings (SSSR count). The fraction of sp³-hybridized carbons (Fsp3) is 0.810. The van der Waals surface area contributed by atoms with Crippen LogP contribution in [0.2, 0.25) is 0 Å². The second-order valence-electron chi connectivity index (χ2n) is 8.92. The van der Waals surface area contributed by atoms with Crippen LogP contribution < -0.4 is 5.32 Å². The van der Waals surface area contributed by atoms with Crippen LogP contribution in [-0.4, -0.2) is 83.8 Å². The minimum absolute atomic E-state index is 0.0848. The number of likely N-dealkylation sites (tertiary alicyclic amines) is 2. The standard InChI is InChI=1S/C21H38N6O/c1-17-6-10-25(14-19(17)26-13-9-23-16-26)20(22-4)24-15-21(2,3)27-11-7-18(28-5)8-12-27/h9,13,16-19H,6-8,10-12,14-15H2,1-5H3,(H,22,24). The SMILES string of the molecule is CN=C(NCC(C)(C)N1CCC(OC)CC1)N1CCC(C)C(n2ccnc2)C1. The molecule has 2 saturated heterocycles. The van der Waals surface area contributed by atoms with Crippen LogP contribution in [-0.2, 0) is 4.74 Å². The van der Waals surface area contributed by atoms with Crippen LogP contribution >= 0.6 is 0 Å². The minimum Gasteiger partial charge on any atom is -0.381 e. The third kappa shape index (κ3) is 4.87. The van der Waals surface area contributed by atoms with Gasteiger partial charge in [0.15, 0.2) is 5.96 Å². The zero-order chi connectivity index (χ0) is 20.1. The molecule has 7 nitrogen and oxygen atoms in total. The van der Waals surface area contributed by atoms with Gasteiger partial charge in [-0.25, -0.2) is 4.98 Å². The van der Waals surface area contributed by atoms with E-state index in [4.69, 9.17) is 4.74 Å². The number of ether oxygens (including phenoxy) is 1. The van der Waals surface area contributed by atoms with Gasteiger partial charge in [0.2, 0.25) is 0 Å². The van der Waals surface area contributed by atoms with Gasteiger partial charge in [-0.3, -0.25) is 9.89 Å². The number of imidazole rings is 1. The lowest BCUT2D eigenvalue weighted by molar-refractivity contribution is 0.00758. The summed E-state index contributed by atoms with van der Waals surface area (Å²) in [6, 6.07) is 0.441. The maximum Gasteiger partial charge on any atom is 0.193 e. The van der Waals surface area contributed by atoms with Gasteiger partial charge in [-0.2, -0.15) is 0 Å². The molecule has 0 spiro atoms. The van der Waals surface area contributed by atoms with Crippen molar-refractivity contribution in [3.63, 3.8) is 0 Å². The molecule has 3 heterocycles. The number of aliphatic imine (C=N–C) groups is 1. The van der Waals surface area contributed by atoms with E-state index >= 15 is 0 Å². The highest BCUT2D eigenvalue weighted by atomic mass is 16.5. The van der Waals surface area contributed by atoms with Crippen LogP contribution in [0.3, 0.4) is 0 Å². The van der Waals surface area contributed by atoms with Gasteiger partial charge >= 0.3 is 0 Å². The maximum atomic E-state index is 5.52. The molecule has 2 unspecified atom stereocenters. The summed E-state index contributed by atoms with van der Waals surface area (Å²) in [5.74, 6) is 1.65. The van der Waals surface area contributed by atoms with Crippen molar-refractivity contribution in [1.29, 1.82) is 0 Å². The quantitative estimate of drug-likeness (QED) is 0.617. The van der Waals surface area contributed by atoms with E-state index in [0.29, 0.717) is 18.1 Å². The van der Waals surface area contributed by atoms with Crippen LogP contribution in [0, 0.1) is 5.92 Å². The summed E-state index contributed by atoms with van der Waals surface area (Å²) in [6.07, 6.45) is 9.70. The monoisotopic (exact) mass is 390 g/mol. The van der Waals surface area contributed by atoms with Gasteiger partial charge in [0.25, 0.3) is 0 Å². The topological polar surface area (TPSA) is 57.9 Å². The van der Waals surface area contributed by atoms with Crippen molar-refractivity contribution in [2.24, 2.45) is 10.9 Å². The number of methoxy groups -OCH3 is 1. The molecule has 0 amide bonds. The Labute approximate surface area is 170 Å². The smallest absolute Gasteiger partial charge is 0.193 e. The first kappa shape index (κ1) is 21.1. The first-order valence-electron chi connectivity index (χ1n) is 10.7. The zero-order valence-electron chi connectivity index (χ0n) is 18.3. The summed E-state index contributed by atoms with van der Waals surface area (Å²) in [4.78, 5) is 13.8. The third-order valence-corrected chi connectivity index (χ3v) is 6.65. The van der Waals surface area contributed by atoms with Crippen LogP contribution in [0.5, 0.6) is 0 Å². The van der Waals surface area contributed by atoms with Crippen molar-refractivity contribution >= 4 is 5.96 Å². The van der Waals surface area contributed by atoms with E-state index in [9.17, 15) is 0 Å². The van der Waals surface area contributed by atoms with Crippen molar-refractivity contribution in [2.75, 3.05) is 46.9 Å². The van der Waals surface area contributed by atoms with E-state index < -0.39 is 0 Å². The van der Waals surface area contributed by atoms with Crippen molar-refractivity contribution in [3.05, 3.63) is 18.7 Å². The fourth-order valence-electron chi connectivity index (χ4n) is 4.53. The van der Waals surface area contributed by atoms with Crippen LogP contribution in [0.25, 0.3) is 0 Å². The molecule has 2 atom stereocenters. The minimum atomic E-state index is 0.0848. The predicted molar refractivity (Wildman–Crippen MR) is 114 cm³/mol. The number of hydrogen-bond acceptors (Lipinski definition) is 4. The first-order chi connectivity index (χ1) is 13.4. The molecule has 1 aromatic heterocycles. The second kappa shape index (κ2) is 9.27. The molecule has 0 bridgehead atoms. The highest BCUT2D eigenvalue weighted by molar-refractivity contribution is 5.80. The van der Waals surface area contributed by atoms with E-state index in [1.807, 2.05) is 26.7 Å². The van der Waals surface area contributed by atoms with Gasteiger partial charge < -0.3 is 19.5 Å². The molecule has 7 heteroatoms. The maximum absolute atomic E-state index is 5.52. The largest absolute Gasteiger partial charge is 0.381 e. The number of nitrogens with zero attached hydrogens (tertiary/aromatic N) is 5. The van der Waals surface area contributed by atoms with E-state index in [1.54, 1.807) is 0 Å². The predicted octanol–water partition coefficient (Wildman–Crippen LogP) is 2.23. The lowest BCUT2D eigenvalue weighted by Gasteiger charge is -2.44. The van der Waals surface area contributed by atoms with Gasteiger partial charge in [0.05, 0.1) is 18.5 Å². The Bertz CT molecular complexity index is 621. The zero-order valence-corrected chi connectivity index (χ0v) is 18.3. The summed E-state index contributed by atoms with van der Waals surface area (Å²) >= 11 is 0. The van der Waals surface area contributed by atoms with Gasteiger partial charge in [-0.05, 0) is 39.0 Å². The third-order valence-electron chi connectivity index (χ3n) is 6.65. The molecule has 0 aliphatic carbocycles. The van der Waals surface area contributed by atoms with Crippen LogP contribution in [0.4, 0.5) is 0 Å². The molecule has 0 saturated carbocycles. The van der Waals surface area contributed by atoms with Crippen LogP contribution in [0.15, 0.2) is 23.7 Å². The summed E-state index contributed by atoms with van der Waals surface area (Å²) < 4.78 is 7.77. The number of hydrogen-bond donors (Lipinski definition) is 1. The van der Waals surface area contributed by atoms with Gasteiger partial charge in [-0.15, -0.1) is 0 Å². The molecule has 0 aromatic carbocycles. The lowest BCUT2D eigenvalue weighted by atomic mass is 9.93. The molecule has 1 aromatic rings. The molecule has 158 valence electrons. The molecule has 1 N–H and O–H groups in total. The number of rotatable bonds is 5. The Kier molecular flexibility index (Phi) is 6.99. The van der Waals surface area contributed by atoms with E-state index in [0.717, 1.165) is 57.9 Å². The molecule has 2 aliphatic heterocycles. The van der Waals surface area contributed by atoms with E-state index in [-0.39, 0.29) is 5.54 Å². The molecule has 0 radical (unpaired) electrons. The Morgan fingerprint density at radius 1 is 1.25 bits per heavy atom. The average Bonchev–Trinajstić information content (AvgIpc) is 3.24. The molecular formula is C21H38N6O. The molecule has 2 aliphatic rings. The summed E-state index contributed by atoms with van der Waals surface area (Å²) in [5.41, 5.74) is 0.0848. The Morgan fingerprint density at radius 2 is 2.00 bits per heavy atom. The number of nitrogens with one attached hydrogen (secondary N) is 1. The van der Waals surface area contributed by atoms with Crippen molar-refractivity contribution in [1.82, 2.24) is 24.7 Å². The average molecular weight is 391 g/mol. The Hall–Kier alpha value is -1.60. The summed E-state index contributed by atoms with van der Waals surface area (Å²) in [6.45, 7) is 12.1. The summed E-state index contributed by atoms with van der Waals surface area (Å²) in [7, 11) is 3.72. The Morgan fingerprint density at radius 3 is 2.61 bits per heavy atom. The van der Waals surface area contributed by atoms with Gasteiger partial charge in [-0.1, -0.05) is 6.92 Å². The number of guanidine groups is 1. The van der Waals surface area contributed by atoms with E-state index in [1.165, 1.54) is 0 Å². The second-order valence-corrected chi connectivity index (χ2v) is 8.92. The lowest BCUT2D eigenvalue weighted by Crippen LogP contribution is -2.57. The van der Waals surface area contributed by atoms with Crippen molar-refractivity contribution in [3.8, 4) is 0 Å². The van der Waals surface area contributed by atoms with E-state index in [2.05, 4.69) is 56.6 Å². The number of piperidine rings is 2. The highest BCUT2D eigenvalue weighted by Gasteiger charge is 2.33. The van der Waals surface area contributed by atoms with Crippen LogP contribution in [0.1, 0.15) is 46.1 Å². The first-order valence-corrected chi connectivity index (χ1v) is 10.7. The van der Waals surface area contributed by atoms with Gasteiger partial charge in [0.1, 0.15) is 0 Å².